The van der Waals surface area contributed by atoms with Crippen molar-refractivity contribution in [2.75, 3.05) is 13.2 Å². The lowest BCUT2D eigenvalue weighted by atomic mass is 10.0. The SMILES string of the molecule is CCCCCC/C=C\C/C=C\CCCCCCCC(=O)OCCCCCCCCCCCCCCCCCCCCCCCCCC(=O)NC(CO)C(O)CCCCCCCCCCCCCCCCCCCCCCCCC. The van der Waals surface area contributed by atoms with Gasteiger partial charge < -0.3 is 20.3 Å². The molecular formula is C73H141NO5. The molecule has 3 N–H and O–H groups in total. The van der Waals surface area contributed by atoms with E-state index in [1.807, 2.05) is 0 Å². The summed E-state index contributed by atoms with van der Waals surface area (Å²) in [6.07, 6.45) is 86.5. The molecule has 0 heterocycles. The fraction of sp³-hybridized carbons (Fsp3) is 0.918. The van der Waals surface area contributed by atoms with Crippen LogP contribution in [0, 0.1) is 0 Å². The third-order valence-corrected chi connectivity index (χ3v) is 17.0. The topological polar surface area (TPSA) is 95.9 Å². The van der Waals surface area contributed by atoms with Gasteiger partial charge in [-0.1, -0.05) is 359 Å². The normalized spacial score (nSPS) is 12.6. The summed E-state index contributed by atoms with van der Waals surface area (Å²) in [5.74, 6) is -0.0278. The van der Waals surface area contributed by atoms with Crippen LogP contribution in [0.4, 0.5) is 0 Å². The molecular weight excluding hydrogens is 971 g/mol. The van der Waals surface area contributed by atoms with E-state index in [4.69, 9.17) is 4.74 Å². The average Bonchev–Trinajstić information content (AvgIpc) is 3.45. The van der Waals surface area contributed by atoms with E-state index in [9.17, 15) is 19.8 Å². The smallest absolute Gasteiger partial charge is 0.305 e. The lowest BCUT2D eigenvalue weighted by Gasteiger charge is -2.22. The van der Waals surface area contributed by atoms with E-state index in [1.165, 1.54) is 321 Å². The molecule has 468 valence electrons. The standard InChI is InChI=1S/C73H141NO5/c1-3-5-7-9-11-13-15-17-19-21-22-23-25-28-31-34-37-41-45-49-53-57-61-65-71(76)70(69-75)74-72(77)66-62-58-54-50-46-42-38-35-32-29-26-24-27-30-33-36-40-44-48-52-56-60-64-68-79-73(78)67-63-59-55-51-47-43-39-20-18-16-14-12-10-8-6-4-2/h14,16,20,39,70-71,75-76H,3-13,15,17-19,21-38,40-69H2,1-2H3,(H,74,77)/b16-14-,39-20-. The molecule has 79 heavy (non-hydrogen) atoms. The lowest BCUT2D eigenvalue weighted by Crippen LogP contribution is -2.45. The number of allylic oxidation sites excluding steroid dienone is 4. The Morgan fingerprint density at radius 1 is 0.354 bits per heavy atom. The average molecular weight is 1110 g/mol. The third-order valence-electron chi connectivity index (χ3n) is 17.0. The first-order valence-corrected chi connectivity index (χ1v) is 36.1. The molecule has 0 aromatic rings. The van der Waals surface area contributed by atoms with Gasteiger partial charge in [0.1, 0.15) is 0 Å². The molecule has 0 saturated heterocycles. The van der Waals surface area contributed by atoms with Crippen LogP contribution in [0.5, 0.6) is 0 Å². The number of unbranched alkanes of at least 4 members (excludes halogenated alkanes) is 53. The monoisotopic (exact) mass is 1110 g/mol. The Kier molecular flexibility index (Phi) is 67.4. The predicted octanol–water partition coefficient (Wildman–Crippen LogP) is 23.3. The summed E-state index contributed by atoms with van der Waals surface area (Å²) in [5.41, 5.74) is 0. The largest absolute Gasteiger partial charge is 0.466 e. The molecule has 0 radical (unpaired) electrons. The summed E-state index contributed by atoms with van der Waals surface area (Å²) in [7, 11) is 0. The minimum atomic E-state index is -0.665. The first kappa shape index (κ1) is 77.3. The molecule has 0 fully saturated rings. The summed E-state index contributed by atoms with van der Waals surface area (Å²) in [6.45, 7) is 4.97. The molecule has 0 aromatic heterocycles. The Morgan fingerprint density at radius 3 is 0.975 bits per heavy atom. The van der Waals surface area contributed by atoms with Crippen molar-refractivity contribution in [2.45, 2.75) is 418 Å². The van der Waals surface area contributed by atoms with Crippen LogP contribution in [0.15, 0.2) is 24.3 Å². The molecule has 6 nitrogen and oxygen atoms in total. The number of esters is 1. The predicted molar refractivity (Wildman–Crippen MR) is 347 cm³/mol. The van der Waals surface area contributed by atoms with Crippen molar-refractivity contribution in [3.05, 3.63) is 24.3 Å². The van der Waals surface area contributed by atoms with Crippen LogP contribution in [0.25, 0.3) is 0 Å². The summed E-state index contributed by atoms with van der Waals surface area (Å²) in [6, 6.07) is -0.542. The van der Waals surface area contributed by atoms with Gasteiger partial charge in [0.2, 0.25) is 5.91 Å². The zero-order chi connectivity index (χ0) is 57.1. The van der Waals surface area contributed by atoms with Crippen molar-refractivity contribution >= 4 is 11.9 Å². The van der Waals surface area contributed by atoms with Crippen LogP contribution in [0.2, 0.25) is 0 Å². The summed E-state index contributed by atoms with van der Waals surface area (Å²) < 4.78 is 5.49. The zero-order valence-corrected chi connectivity index (χ0v) is 53.6. The Balaban J connectivity index is 3.38. The second kappa shape index (κ2) is 68.8. The van der Waals surface area contributed by atoms with Crippen molar-refractivity contribution in [2.24, 2.45) is 0 Å². The van der Waals surface area contributed by atoms with E-state index in [-0.39, 0.29) is 18.5 Å². The third kappa shape index (κ3) is 65.4. The molecule has 0 aliphatic rings. The number of ether oxygens (including phenoxy) is 1. The number of hydrogen-bond acceptors (Lipinski definition) is 5. The van der Waals surface area contributed by atoms with Crippen LogP contribution in [0.3, 0.4) is 0 Å². The summed E-state index contributed by atoms with van der Waals surface area (Å²) >= 11 is 0. The molecule has 0 spiro atoms. The Morgan fingerprint density at radius 2 is 0.633 bits per heavy atom. The van der Waals surface area contributed by atoms with Gasteiger partial charge in [0, 0.05) is 12.8 Å². The van der Waals surface area contributed by atoms with E-state index in [2.05, 4.69) is 43.5 Å². The highest BCUT2D eigenvalue weighted by Gasteiger charge is 2.20. The van der Waals surface area contributed by atoms with E-state index >= 15 is 0 Å². The van der Waals surface area contributed by atoms with Gasteiger partial charge >= 0.3 is 5.97 Å². The second-order valence-corrected chi connectivity index (χ2v) is 24.9. The van der Waals surface area contributed by atoms with Gasteiger partial charge in [-0.15, -0.1) is 0 Å². The molecule has 1 amide bonds. The molecule has 0 bridgehead atoms. The molecule has 6 heteroatoms. The minimum absolute atomic E-state index is 0.00199. The Bertz CT molecular complexity index is 1230. The van der Waals surface area contributed by atoms with Crippen molar-refractivity contribution in [3.8, 4) is 0 Å². The highest BCUT2D eigenvalue weighted by molar-refractivity contribution is 5.76. The highest BCUT2D eigenvalue weighted by atomic mass is 16.5. The fourth-order valence-electron chi connectivity index (χ4n) is 11.5. The molecule has 2 unspecified atom stereocenters. The van der Waals surface area contributed by atoms with Crippen molar-refractivity contribution in [1.29, 1.82) is 0 Å². The van der Waals surface area contributed by atoms with Gasteiger partial charge in [0.25, 0.3) is 0 Å². The summed E-state index contributed by atoms with van der Waals surface area (Å²) in [4.78, 5) is 24.6. The van der Waals surface area contributed by atoms with Crippen LogP contribution < -0.4 is 5.32 Å². The maximum Gasteiger partial charge on any atom is 0.305 e. The number of carbonyl (C=O) groups excluding carboxylic acids is 2. The van der Waals surface area contributed by atoms with E-state index < -0.39 is 12.1 Å². The van der Waals surface area contributed by atoms with Crippen LogP contribution in [0.1, 0.15) is 406 Å². The van der Waals surface area contributed by atoms with E-state index in [1.54, 1.807) is 0 Å². The van der Waals surface area contributed by atoms with Gasteiger partial charge in [0.15, 0.2) is 0 Å². The first-order chi connectivity index (χ1) is 39.0. The van der Waals surface area contributed by atoms with E-state index in [0.29, 0.717) is 25.9 Å². The van der Waals surface area contributed by atoms with Crippen LogP contribution in [-0.4, -0.2) is 47.4 Å². The number of amides is 1. The molecule has 0 saturated carbocycles. The number of aliphatic hydroxyl groups is 2. The highest BCUT2D eigenvalue weighted by Crippen LogP contribution is 2.19. The lowest BCUT2D eigenvalue weighted by molar-refractivity contribution is -0.143. The summed E-state index contributed by atoms with van der Waals surface area (Å²) in [5, 5.41) is 23.4. The number of carbonyl (C=O) groups is 2. The molecule has 0 aliphatic carbocycles. The van der Waals surface area contributed by atoms with Crippen molar-refractivity contribution in [1.82, 2.24) is 5.32 Å². The van der Waals surface area contributed by atoms with E-state index in [0.717, 1.165) is 51.4 Å². The second-order valence-electron chi connectivity index (χ2n) is 24.9. The molecule has 0 aromatic carbocycles. The van der Waals surface area contributed by atoms with Gasteiger partial charge in [-0.2, -0.15) is 0 Å². The first-order valence-electron chi connectivity index (χ1n) is 36.1. The quantitative estimate of drug-likeness (QED) is 0.0320. The molecule has 2 atom stereocenters. The van der Waals surface area contributed by atoms with Crippen LogP contribution >= 0.6 is 0 Å². The number of nitrogens with one attached hydrogen (secondary N) is 1. The Labute approximate surface area is 494 Å². The number of hydrogen-bond donors (Lipinski definition) is 3. The number of rotatable bonds is 68. The maximum absolute atomic E-state index is 12.6. The van der Waals surface area contributed by atoms with Crippen molar-refractivity contribution < 1.29 is 24.5 Å². The Hall–Kier alpha value is -1.66. The fourth-order valence-corrected chi connectivity index (χ4v) is 11.5. The van der Waals surface area contributed by atoms with Gasteiger partial charge in [-0.25, -0.2) is 0 Å². The van der Waals surface area contributed by atoms with Gasteiger partial charge in [0.05, 0.1) is 25.4 Å². The minimum Gasteiger partial charge on any atom is -0.466 e. The van der Waals surface area contributed by atoms with Gasteiger partial charge in [-0.3, -0.25) is 9.59 Å². The van der Waals surface area contributed by atoms with Crippen molar-refractivity contribution in [3.63, 3.8) is 0 Å². The zero-order valence-electron chi connectivity index (χ0n) is 53.6. The van der Waals surface area contributed by atoms with Gasteiger partial charge in [-0.05, 0) is 57.8 Å². The van der Waals surface area contributed by atoms with Crippen LogP contribution in [-0.2, 0) is 14.3 Å². The molecule has 0 aliphatic heterocycles. The number of aliphatic hydroxyl groups excluding tert-OH is 2. The maximum atomic E-state index is 12.6. The molecule has 0 rings (SSSR count).